The molecule has 0 aromatic carbocycles. The summed E-state index contributed by atoms with van der Waals surface area (Å²) in [6.45, 7) is 5.83. The maximum atomic E-state index is 12.9. The molecule has 2 rings (SSSR count). The van der Waals surface area contributed by atoms with Crippen LogP contribution in [0.3, 0.4) is 0 Å². The van der Waals surface area contributed by atoms with Gasteiger partial charge in [-0.05, 0) is 48.0 Å². The second kappa shape index (κ2) is 10.5. The summed E-state index contributed by atoms with van der Waals surface area (Å²) in [4.78, 5) is 18.3. The number of amidine groups is 1. The maximum Gasteiger partial charge on any atom is 0.451 e. The van der Waals surface area contributed by atoms with E-state index in [4.69, 9.17) is 16.9 Å². The van der Waals surface area contributed by atoms with Crippen LogP contribution in [0.2, 0.25) is 0 Å². The second-order valence-corrected chi connectivity index (χ2v) is 7.83. The molecule has 1 unspecified atom stereocenters. The lowest BCUT2D eigenvalue weighted by Crippen LogP contribution is -2.16. The van der Waals surface area contributed by atoms with Crippen LogP contribution in [0.1, 0.15) is 50.3 Å². The number of nitrogens with one attached hydrogen (secondary N) is 2. The minimum atomic E-state index is -4.66. The average Bonchev–Trinajstić information content (AvgIpc) is 3.07. The number of halogens is 4. The summed E-state index contributed by atoms with van der Waals surface area (Å²) in [5, 5.41) is 7.22. The van der Waals surface area contributed by atoms with Crippen molar-refractivity contribution in [2.24, 2.45) is 21.5 Å². The van der Waals surface area contributed by atoms with Gasteiger partial charge in [-0.25, -0.2) is 15.0 Å². The molecule has 2 aromatic heterocycles. The molecule has 12 heteroatoms. The molecule has 6 N–H and O–H groups in total. The minimum absolute atomic E-state index is 0.0224. The summed E-state index contributed by atoms with van der Waals surface area (Å²) in [5.74, 6) is -1.50. The van der Waals surface area contributed by atoms with Crippen LogP contribution < -0.4 is 11.5 Å². The standard InChI is InChI=1S/C20H24BrF3N8/c1-4-13(11(5-25)6-28-10(2)3)16-15(21)14(17(32-16)18(27)31-9-26)12-7-29-19(30-8-12)20(22,23)24/h5-10,13,32H,4,25H2,1-3H3,(H3,26,27,31). The van der Waals surface area contributed by atoms with Crippen molar-refractivity contribution in [1.29, 1.82) is 5.41 Å². The average molecular weight is 513 g/mol. The summed E-state index contributed by atoms with van der Waals surface area (Å²) >= 11 is 3.55. The van der Waals surface area contributed by atoms with Gasteiger partial charge in [-0.3, -0.25) is 10.4 Å². The molecular weight excluding hydrogens is 489 g/mol. The lowest BCUT2D eigenvalue weighted by molar-refractivity contribution is -0.144. The zero-order chi connectivity index (χ0) is 24.1. The highest BCUT2D eigenvalue weighted by atomic mass is 79.9. The number of hydrogen-bond acceptors (Lipinski definition) is 5. The summed E-state index contributed by atoms with van der Waals surface area (Å²) in [5.41, 5.74) is 14.3. The number of allylic oxidation sites excluding steroid dienone is 1. The Morgan fingerprint density at radius 1 is 1.31 bits per heavy atom. The van der Waals surface area contributed by atoms with Gasteiger partial charge in [0, 0.05) is 51.9 Å². The van der Waals surface area contributed by atoms with Gasteiger partial charge in [0.05, 0.1) is 5.69 Å². The Bertz CT molecular complexity index is 1040. The third-order valence-electron chi connectivity index (χ3n) is 4.49. The molecule has 172 valence electrons. The first-order valence-corrected chi connectivity index (χ1v) is 10.4. The van der Waals surface area contributed by atoms with Gasteiger partial charge in [0.15, 0.2) is 0 Å². The lowest BCUT2D eigenvalue weighted by Gasteiger charge is -2.16. The Labute approximate surface area is 191 Å². The molecule has 0 radical (unpaired) electrons. The molecule has 0 bridgehead atoms. The molecule has 0 saturated carbocycles. The zero-order valence-electron chi connectivity index (χ0n) is 17.7. The number of nitrogens with zero attached hydrogens (tertiary/aromatic N) is 4. The number of aromatic amines is 1. The highest BCUT2D eigenvalue weighted by molar-refractivity contribution is 9.10. The fraction of sp³-hybridized carbons (Fsp3) is 0.350. The highest BCUT2D eigenvalue weighted by Crippen LogP contribution is 2.40. The minimum Gasteiger partial charge on any atom is -0.404 e. The van der Waals surface area contributed by atoms with Crippen LogP contribution in [-0.4, -0.2) is 39.4 Å². The molecule has 32 heavy (non-hydrogen) atoms. The number of aliphatic imine (C=N–C) groups is 2. The first kappa shape index (κ1) is 25.2. The molecule has 0 saturated heterocycles. The summed E-state index contributed by atoms with van der Waals surface area (Å²) in [6, 6.07) is 0.0697. The van der Waals surface area contributed by atoms with Gasteiger partial charge in [0.1, 0.15) is 12.2 Å². The Kier molecular flexibility index (Phi) is 8.31. The van der Waals surface area contributed by atoms with E-state index in [1.165, 1.54) is 6.20 Å². The lowest BCUT2D eigenvalue weighted by atomic mass is 9.93. The van der Waals surface area contributed by atoms with Crippen LogP contribution in [0.5, 0.6) is 0 Å². The first-order chi connectivity index (χ1) is 15.0. The fourth-order valence-corrected chi connectivity index (χ4v) is 3.83. The van der Waals surface area contributed by atoms with Crippen molar-refractivity contribution in [2.45, 2.75) is 45.3 Å². The Morgan fingerprint density at radius 2 is 1.94 bits per heavy atom. The van der Waals surface area contributed by atoms with Crippen LogP contribution in [-0.2, 0) is 6.18 Å². The summed E-state index contributed by atoms with van der Waals surface area (Å²) in [7, 11) is 0. The number of hydrogen-bond donors (Lipinski definition) is 4. The molecule has 2 aromatic rings. The van der Waals surface area contributed by atoms with Crippen molar-refractivity contribution < 1.29 is 13.2 Å². The van der Waals surface area contributed by atoms with Crippen LogP contribution >= 0.6 is 15.9 Å². The van der Waals surface area contributed by atoms with Crippen LogP contribution in [0, 0.1) is 5.41 Å². The molecule has 0 fully saturated rings. The van der Waals surface area contributed by atoms with E-state index in [-0.39, 0.29) is 23.4 Å². The number of nitrogens with two attached hydrogens (primary N) is 2. The van der Waals surface area contributed by atoms with E-state index < -0.39 is 12.0 Å². The molecule has 1 atom stereocenters. The Hall–Kier alpha value is -3.02. The van der Waals surface area contributed by atoms with Gasteiger partial charge in [-0.15, -0.1) is 0 Å². The van der Waals surface area contributed by atoms with Gasteiger partial charge >= 0.3 is 6.18 Å². The smallest absolute Gasteiger partial charge is 0.404 e. The van der Waals surface area contributed by atoms with E-state index in [0.29, 0.717) is 27.8 Å². The van der Waals surface area contributed by atoms with Crippen LogP contribution in [0.25, 0.3) is 11.1 Å². The first-order valence-electron chi connectivity index (χ1n) is 9.63. The van der Waals surface area contributed by atoms with Gasteiger partial charge in [-0.2, -0.15) is 13.2 Å². The molecule has 0 aliphatic carbocycles. The topological polar surface area (TPSA) is 142 Å². The third kappa shape index (κ3) is 5.61. The van der Waals surface area contributed by atoms with E-state index in [2.05, 4.69) is 40.9 Å². The predicted molar refractivity (Wildman–Crippen MR) is 123 cm³/mol. The quantitative estimate of drug-likeness (QED) is 0.307. The van der Waals surface area contributed by atoms with Crippen molar-refractivity contribution in [3.63, 3.8) is 0 Å². The van der Waals surface area contributed by atoms with Crippen LogP contribution in [0.4, 0.5) is 13.2 Å². The number of alkyl halides is 3. The van der Waals surface area contributed by atoms with Gasteiger partial charge in [0.25, 0.3) is 0 Å². The SMILES string of the molecule is CCC(C(C=NC(C)C)=CN)c1[nH]c(C(N)=NC=N)c(-c2cnc(C(F)(F)F)nc2)c1Br. The monoisotopic (exact) mass is 512 g/mol. The molecule has 0 spiro atoms. The maximum absolute atomic E-state index is 12.9. The van der Waals surface area contributed by atoms with Crippen molar-refractivity contribution in [2.75, 3.05) is 0 Å². The molecule has 0 amide bonds. The van der Waals surface area contributed by atoms with Crippen molar-refractivity contribution in [1.82, 2.24) is 15.0 Å². The molecule has 8 nitrogen and oxygen atoms in total. The highest BCUT2D eigenvalue weighted by Gasteiger charge is 2.34. The molecule has 0 aliphatic heterocycles. The van der Waals surface area contributed by atoms with Crippen LogP contribution in [0.15, 0.2) is 38.6 Å². The molecular formula is C20H24BrF3N8. The van der Waals surface area contributed by atoms with Crippen molar-refractivity contribution in [3.05, 3.63) is 45.9 Å². The fourth-order valence-electron chi connectivity index (χ4n) is 3.03. The Balaban J connectivity index is 2.70. The third-order valence-corrected chi connectivity index (χ3v) is 5.32. The van der Waals surface area contributed by atoms with Gasteiger partial charge in [-0.1, -0.05) is 6.92 Å². The number of aromatic nitrogens is 3. The Morgan fingerprint density at radius 3 is 2.41 bits per heavy atom. The van der Waals surface area contributed by atoms with E-state index in [1.807, 2.05) is 20.8 Å². The van der Waals surface area contributed by atoms with E-state index in [1.54, 1.807) is 6.21 Å². The van der Waals surface area contributed by atoms with E-state index in [0.717, 1.165) is 24.3 Å². The normalized spacial score (nSPS) is 14.4. The summed E-state index contributed by atoms with van der Waals surface area (Å²) < 4.78 is 39.2. The van der Waals surface area contributed by atoms with Gasteiger partial charge in [0.2, 0.25) is 5.82 Å². The predicted octanol–water partition coefficient (Wildman–Crippen LogP) is 4.38. The van der Waals surface area contributed by atoms with Gasteiger partial charge < -0.3 is 16.5 Å². The second-order valence-electron chi connectivity index (χ2n) is 7.04. The zero-order valence-corrected chi connectivity index (χ0v) is 19.3. The van der Waals surface area contributed by atoms with Crippen molar-refractivity contribution >= 4 is 34.3 Å². The molecule has 0 aliphatic rings. The summed E-state index contributed by atoms with van der Waals surface area (Å²) in [6.07, 6.45) is 2.03. The van der Waals surface area contributed by atoms with E-state index >= 15 is 0 Å². The number of rotatable bonds is 8. The molecule has 2 heterocycles. The van der Waals surface area contributed by atoms with Crippen molar-refractivity contribution in [3.8, 4) is 11.1 Å². The number of H-pyrrole nitrogens is 1. The largest absolute Gasteiger partial charge is 0.451 e. The van der Waals surface area contributed by atoms with E-state index in [9.17, 15) is 13.2 Å².